The van der Waals surface area contributed by atoms with Crippen molar-refractivity contribution in [1.29, 1.82) is 0 Å². The number of rotatable bonds is 0. The number of hydrogen-bond acceptors (Lipinski definition) is 2. The lowest BCUT2D eigenvalue weighted by atomic mass is 10.2. The van der Waals surface area contributed by atoms with Gasteiger partial charge in [-0.1, -0.05) is 6.92 Å². The molecule has 2 heteroatoms. The smallest absolute Gasteiger partial charge is 0.0528 e. The van der Waals surface area contributed by atoms with Gasteiger partial charge in [0, 0.05) is 6.54 Å². The summed E-state index contributed by atoms with van der Waals surface area (Å²) in [5, 5.41) is 0.519. The first-order chi connectivity index (χ1) is 3.70. The molecule has 1 nitrogen and oxygen atoms in total. The second-order valence-electron chi connectivity index (χ2n) is 2.76. The van der Waals surface area contributed by atoms with Gasteiger partial charge in [0.25, 0.3) is 0 Å². The van der Waals surface area contributed by atoms with E-state index in [-0.39, 0.29) is 0 Å². The van der Waals surface area contributed by atoms with Crippen molar-refractivity contribution in [2.45, 2.75) is 18.7 Å². The fraction of sp³-hybridized carbons (Fsp3) is 1.00. The molecule has 1 rings (SSSR count). The highest BCUT2D eigenvalue weighted by molar-refractivity contribution is 7.80. The van der Waals surface area contributed by atoms with E-state index < -0.39 is 0 Å². The normalized spacial score (nSPS) is 40.9. The maximum Gasteiger partial charge on any atom is 0.0528 e. The quantitative estimate of drug-likeness (QED) is 0.484. The third-order valence-corrected chi connectivity index (χ3v) is 2.33. The van der Waals surface area contributed by atoms with E-state index in [1.165, 1.54) is 13.0 Å². The third kappa shape index (κ3) is 1.17. The summed E-state index contributed by atoms with van der Waals surface area (Å²) in [6.07, 6.45) is 1.25. The number of likely N-dealkylation sites (tertiary alicyclic amines) is 1. The molecule has 48 valence electrons. The van der Waals surface area contributed by atoms with Gasteiger partial charge in [0.05, 0.1) is 5.37 Å². The average Bonchev–Trinajstić information content (AvgIpc) is 1.85. The van der Waals surface area contributed by atoms with Crippen LogP contribution in [0.25, 0.3) is 0 Å². The van der Waals surface area contributed by atoms with Gasteiger partial charge in [-0.3, -0.25) is 4.90 Å². The Labute approximate surface area is 56.5 Å². The molecule has 0 aromatic rings. The first kappa shape index (κ1) is 6.43. The Morgan fingerprint density at radius 2 is 2.25 bits per heavy atom. The minimum Gasteiger partial charge on any atom is -0.294 e. The van der Waals surface area contributed by atoms with Crippen LogP contribution in [-0.4, -0.2) is 23.9 Å². The molecule has 1 aliphatic heterocycles. The lowest BCUT2D eigenvalue weighted by Gasteiger charge is -2.11. The number of hydrogen-bond donors (Lipinski definition) is 1. The summed E-state index contributed by atoms with van der Waals surface area (Å²) in [4.78, 5) is 2.29. The monoisotopic (exact) mass is 131 g/mol. The zero-order valence-electron chi connectivity index (χ0n) is 5.46. The summed E-state index contributed by atoms with van der Waals surface area (Å²) >= 11 is 4.37. The molecular formula is C6H13NS. The van der Waals surface area contributed by atoms with E-state index in [2.05, 4.69) is 31.5 Å². The summed E-state index contributed by atoms with van der Waals surface area (Å²) in [5.74, 6) is 0.850. The van der Waals surface area contributed by atoms with Crippen LogP contribution in [0.3, 0.4) is 0 Å². The second-order valence-corrected chi connectivity index (χ2v) is 3.36. The largest absolute Gasteiger partial charge is 0.294 e. The Bertz CT molecular complexity index is 74.6. The molecule has 1 fully saturated rings. The van der Waals surface area contributed by atoms with Crippen LogP contribution in [0.1, 0.15) is 13.3 Å². The molecule has 0 amide bonds. The van der Waals surface area contributed by atoms with E-state index in [4.69, 9.17) is 0 Å². The highest BCUT2D eigenvalue weighted by Crippen LogP contribution is 2.22. The van der Waals surface area contributed by atoms with Gasteiger partial charge in [-0.25, -0.2) is 0 Å². The zero-order valence-corrected chi connectivity index (χ0v) is 6.36. The highest BCUT2D eigenvalue weighted by Gasteiger charge is 2.22. The van der Waals surface area contributed by atoms with Gasteiger partial charge in [-0.2, -0.15) is 12.6 Å². The van der Waals surface area contributed by atoms with Crippen molar-refractivity contribution in [3.05, 3.63) is 0 Å². The molecule has 0 N–H and O–H groups in total. The molecule has 0 aliphatic carbocycles. The van der Waals surface area contributed by atoms with Crippen molar-refractivity contribution in [2.24, 2.45) is 5.92 Å². The Morgan fingerprint density at radius 3 is 2.38 bits per heavy atom. The fourth-order valence-electron chi connectivity index (χ4n) is 1.23. The number of thiol groups is 1. The van der Waals surface area contributed by atoms with Crippen LogP contribution in [0.4, 0.5) is 0 Å². The van der Waals surface area contributed by atoms with Gasteiger partial charge < -0.3 is 0 Å². The van der Waals surface area contributed by atoms with Crippen molar-refractivity contribution in [3.8, 4) is 0 Å². The average molecular weight is 131 g/mol. The van der Waals surface area contributed by atoms with E-state index in [1.807, 2.05) is 0 Å². The van der Waals surface area contributed by atoms with Crippen LogP contribution in [0.15, 0.2) is 0 Å². The second kappa shape index (κ2) is 2.28. The van der Waals surface area contributed by atoms with Gasteiger partial charge in [0.15, 0.2) is 0 Å². The molecule has 8 heavy (non-hydrogen) atoms. The summed E-state index contributed by atoms with van der Waals surface area (Å²) in [5.41, 5.74) is 0. The van der Waals surface area contributed by atoms with Crippen LogP contribution in [-0.2, 0) is 0 Å². The van der Waals surface area contributed by atoms with Crippen LogP contribution in [0, 0.1) is 5.92 Å². The molecule has 0 bridgehead atoms. The van der Waals surface area contributed by atoms with Crippen molar-refractivity contribution in [1.82, 2.24) is 4.90 Å². The minimum atomic E-state index is 0.519. The van der Waals surface area contributed by atoms with Gasteiger partial charge >= 0.3 is 0 Å². The number of nitrogens with zero attached hydrogens (tertiary/aromatic N) is 1. The van der Waals surface area contributed by atoms with E-state index in [9.17, 15) is 0 Å². The lowest BCUT2D eigenvalue weighted by Crippen LogP contribution is -2.19. The van der Waals surface area contributed by atoms with E-state index >= 15 is 0 Å². The third-order valence-electron chi connectivity index (χ3n) is 1.72. The lowest BCUT2D eigenvalue weighted by molar-refractivity contribution is 0.382. The fourth-order valence-corrected chi connectivity index (χ4v) is 1.68. The van der Waals surface area contributed by atoms with Crippen LogP contribution in [0.5, 0.6) is 0 Å². The Morgan fingerprint density at radius 1 is 1.62 bits per heavy atom. The maximum atomic E-state index is 4.37. The molecule has 1 unspecified atom stereocenters. The predicted octanol–water partition coefficient (Wildman–Crippen LogP) is 1.21. The standard InChI is InChI=1S/C6H13NS/c1-5-3-6(8)7(2)4-5/h5-6,8H,3-4H2,1-2H3/t5?,6-/m1/s1. The zero-order chi connectivity index (χ0) is 6.15. The maximum absolute atomic E-state index is 4.37. The van der Waals surface area contributed by atoms with E-state index in [0.29, 0.717) is 5.37 Å². The van der Waals surface area contributed by atoms with Gasteiger partial charge in [0.2, 0.25) is 0 Å². The van der Waals surface area contributed by atoms with Crippen molar-refractivity contribution < 1.29 is 0 Å². The van der Waals surface area contributed by atoms with Crippen LogP contribution >= 0.6 is 12.6 Å². The van der Waals surface area contributed by atoms with Crippen LogP contribution < -0.4 is 0 Å². The van der Waals surface area contributed by atoms with E-state index in [0.717, 1.165) is 5.92 Å². The molecule has 1 saturated heterocycles. The first-order valence-corrected chi connectivity index (χ1v) is 3.60. The SMILES string of the molecule is CC1C[C@@H](S)N(C)C1. The van der Waals surface area contributed by atoms with Crippen molar-refractivity contribution >= 4 is 12.6 Å². The van der Waals surface area contributed by atoms with E-state index in [1.54, 1.807) is 0 Å². The van der Waals surface area contributed by atoms with Gasteiger partial charge in [-0.15, -0.1) is 0 Å². The Hall–Kier alpha value is 0.310. The molecule has 0 spiro atoms. The summed E-state index contributed by atoms with van der Waals surface area (Å²) < 4.78 is 0. The topological polar surface area (TPSA) is 3.24 Å². The summed E-state index contributed by atoms with van der Waals surface area (Å²) in [7, 11) is 2.13. The molecule has 0 aromatic carbocycles. The summed E-state index contributed by atoms with van der Waals surface area (Å²) in [6, 6.07) is 0. The molecule has 0 radical (unpaired) electrons. The molecule has 1 heterocycles. The molecule has 0 saturated carbocycles. The molecule has 1 aliphatic rings. The predicted molar refractivity (Wildman–Crippen MR) is 39.2 cm³/mol. The van der Waals surface area contributed by atoms with Crippen LogP contribution in [0.2, 0.25) is 0 Å². The first-order valence-electron chi connectivity index (χ1n) is 3.08. The Balaban J connectivity index is 2.39. The molecular weight excluding hydrogens is 118 g/mol. The minimum absolute atomic E-state index is 0.519. The van der Waals surface area contributed by atoms with Gasteiger partial charge in [-0.05, 0) is 19.4 Å². The highest BCUT2D eigenvalue weighted by atomic mass is 32.1. The molecule has 0 aromatic heterocycles. The van der Waals surface area contributed by atoms with Crippen molar-refractivity contribution in [2.75, 3.05) is 13.6 Å². The summed E-state index contributed by atoms with van der Waals surface area (Å²) in [6.45, 7) is 3.49. The Kier molecular flexibility index (Phi) is 1.83. The van der Waals surface area contributed by atoms with Gasteiger partial charge in [0.1, 0.15) is 0 Å². The molecule has 2 atom stereocenters. The van der Waals surface area contributed by atoms with Crippen molar-refractivity contribution in [3.63, 3.8) is 0 Å².